The predicted molar refractivity (Wildman–Crippen MR) is 123 cm³/mol. The van der Waals surface area contributed by atoms with E-state index in [2.05, 4.69) is 14.7 Å². The topological polar surface area (TPSA) is 81.3 Å². The summed E-state index contributed by atoms with van der Waals surface area (Å²) < 4.78 is 12.6. The lowest BCUT2D eigenvalue weighted by Gasteiger charge is -2.46. The Morgan fingerprint density at radius 3 is 2.59 bits per heavy atom. The number of methoxy groups -OCH3 is 1. The number of piperazine rings is 1. The molecule has 0 radical (unpaired) electrons. The van der Waals surface area contributed by atoms with Crippen molar-refractivity contribution in [1.82, 2.24) is 14.5 Å². The van der Waals surface area contributed by atoms with Crippen LogP contribution in [0.3, 0.4) is 0 Å². The minimum absolute atomic E-state index is 0.0515. The van der Waals surface area contributed by atoms with Gasteiger partial charge in [-0.15, -0.1) is 4.98 Å². The first-order valence-electron chi connectivity index (χ1n) is 10.7. The molecule has 2 atom stereocenters. The van der Waals surface area contributed by atoms with Crippen molar-refractivity contribution >= 4 is 28.6 Å². The molecule has 1 amide bonds. The molecule has 0 saturated carbocycles. The van der Waals surface area contributed by atoms with Crippen LogP contribution in [0.15, 0.2) is 23.0 Å². The lowest BCUT2D eigenvalue weighted by Crippen LogP contribution is -2.62. The van der Waals surface area contributed by atoms with Crippen LogP contribution in [0.25, 0.3) is 15.9 Å². The average Bonchev–Trinajstić information content (AvgIpc) is 2.74. The molecule has 3 rings (SSSR count). The minimum atomic E-state index is -0.602. The van der Waals surface area contributed by atoms with E-state index < -0.39 is 5.60 Å². The molecular weight excluding hydrogens is 410 g/mol. The Labute approximate surface area is 188 Å². The highest BCUT2D eigenvalue weighted by atomic mass is 16.6. The number of aromatic nitrogens is 2. The molecular formula is C23H31N5O4. The van der Waals surface area contributed by atoms with Gasteiger partial charge in [0.15, 0.2) is 0 Å². The van der Waals surface area contributed by atoms with Crippen LogP contribution < -0.4 is 10.5 Å². The second kappa shape index (κ2) is 9.17. The molecule has 32 heavy (non-hydrogen) atoms. The molecule has 0 aromatic carbocycles. The summed E-state index contributed by atoms with van der Waals surface area (Å²) in [6.07, 6.45) is 0.373. The van der Waals surface area contributed by atoms with E-state index in [1.165, 1.54) is 4.57 Å². The summed E-state index contributed by atoms with van der Waals surface area (Å²) in [6, 6.07) is 4.62. The number of fused-ring (bicyclic) bond motifs is 1. The van der Waals surface area contributed by atoms with Crippen LogP contribution in [0.1, 0.15) is 34.1 Å². The van der Waals surface area contributed by atoms with E-state index in [1.54, 1.807) is 37.3 Å². The minimum Gasteiger partial charge on any atom is -0.444 e. The zero-order valence-electron chi connectivity index (χ0n) is 19.6. The third kappa shape index (κ3) is 4.70. The monoisotopic (exact) mass is 441 g/mol. The first-order valence-corrected chi connectivity index (χ1v) is 10.7. The van der Waals surface area contributed by atoms with Crippen LogP contribution in [0.2, 0.25) is 0 Å². The van der Waals surface area contributed by atoms with Crippen LogP contribution in [-0.2, 0) is 16.5 Å². The van der Waals surface area contributed by atoms with Gasteiger partial charge in [0, 0.05) is 39.4 Å². The third-order valence-electron chi connectivity index (χ3n) is 5.63. The van der Waals surface area contributed by atoms with E-state index in [1.807, 2.05) is 27.7 Å². The fourth-order valence-corrected chi connectivity index (χ4v) is 4.06. The fraction of sp³-hybridized carbons (Fsp3) is 0.565. The van der Waals surface area contributed by atoms with Crippen molar-refractivity contribution in [2.24, 2.45) is 7.05 Å². The molecule has 1 saturated heterocycles. The van der Waals surface area contributed by atoms with Gasteiger partial charge in [-0.3, -0.25) is 9.69 Å². The Bertz CT molecular complexity index is 1100. The second-order valence-electron chi connectivity index (χ2n) is 9.03. The van der Waals surface area contributed by atoms with Crippen LogP contribution in [0.4, 0.5) is 16.3 Å². The number of carbonyl (C=O) groups excluding carboxylic acids is 1. The zero-order valence-corrected chi connectivity index (χ0v) is 19.6. The first-order chi connectivity index (χ1) is 15.1. The molecule has 1 aliphatic heterocycles. The maximum Gasteiger partial charge on any atom is 0.410 e. The van der Waals surface area contributed by atoms with Gasteiger partial charge in [0.25, 0.3) is 11.4 Å². The maximum atomic E-state index is 12.9. The van der Waals surface area contributed by atoms with Crippen LogP contribution in [0, 0.1) is 6.57 Å². The number of nitrogens with zero attached hydrogens (tertiary/aromatic N) is 5. The summed E-state index contributed by atoms with van der Waals surface area (Å²) in [5.74, 6) is 0.270. The standard InChI is InChI=1S/C23H31N5O4/c1-8-15-12-28(22(30)32-23(2,3)4)16(14-31-7)13-27(15)18-11-20(29)26(6)17-9-10-19(24-5)25-21(17)18/h9-11,15-16H,8,12-14H2,1-4,6-7H3/t15-,16-/m0/s1. The summed E-state index contributed by atoms with van der Waals surface area (Å²) in [7, 11) is 3.29. The third-order valence-corrected chi connectivity index (χ3v) is 5.63. The van der Waals surface area contributed by atoms with Gasteiger partial charge in [-0.1, -0.05) is 13.5 Å². The predicted octanol–water partition coefficient (Wildman–Crippen LogP) is 3.33. The lowest BCUT2D eigenvalue weighted by atomic mass is 10.0. The van der Waals surface area contributed by atoms with Gasteiger partial charge >= 0.3 is 6.09 Å². The fourth-order valence-electron chi connectivity index (χ4n) is 4.06. The van der Waals surface area contributed by atoms with Crippen molar-refractivity contribution in [3.63, 3.8) is 0 Å². The van der Waals surface area contributed by atoms with E-state index in [9.17, 15) is 9.59 Å². The molecule has 0 bridgehead atoms. The number of pyridine rings is 2. The molecule has 0 spiro atoms. The molecule has 0 unspecified atom stereocenters. The molecule has 2 aromatic heterocycles. The zero-order chi connectivity index (χ0) is 23.6. The van der Waals surface area contributed by atoms with Gasteiger partial charge in [-0.25, -0.2) is 4.79 Å². The van der Waals surface area contributed by atoms with Crippen molar-refractivity contribution in [2.75, 3.05) is 31.7 Å². The Balaban J connectivity index is 2.08. The van der Waals surface area contributed by atoms with Crippen LogP contribution in [0.5, 0.6) is 0 Å². The number of hydrogen-bond donors (Lipinski definition) is 0. The highest BCUT2D eigenvalue weighted by Crippen LogP contribution is 2.31. The SMILES string of the molecule is [C-]#[N+]c1ccc2c(n1)c(N1C[C@@H](COC)N(C(=O)OC(C)(C)C)C[C@@H]1CC)cc(=O)n2C. The molecule has 2 aromatic rings. The van der Waals surface area contributed by atoms with Crippen molar-refractivity contribution in [3.05, 3.63) is 40.0 Å². The summed E-state index contributed by atoms with van der Waals surface area (Å²) in [5.41, 5.74) is 1.17. The molecule has 172 valence electrons. The van der Waals surface area contributed by atoms with Gasteiger partial charge in [-0.2, -0.15) is 0 Å². The molecule has 1 fully saturated rings. The number of carbonyl (C=O) groups is 1. The van der Waals surface area contributed by atoms with Crippen molar-refractivity contribution in [3.8, 4) is 0 Å². The van der Waals surface area contributed by atoms with Crippen molar-refractivity contribution in [1.29, 1.82) is 0 Å². The lowest BCUT2D eigenvalue weighted by molar-refractivity contribution is -0.000970. The van der Waals surface area contributed by atoms with Crippen molar-refractivity contribution in [2.45, 2.75) is 51.8 Å². The largest absolute Gasteiger partial charge is 0.444 e. The summed E-state index contributed by atoms with van der Waals surface area (Å²) in [4.78, 5) is 37.5. The Hall–Kier alpha value is -3.12. The Morgan fingerprint density at radius 2 is 2.00 bits per heavy atom. The summed E-state index contributed by atoms with van der Waals surface area (Å²) in [5, 5.41) is 0. The molecule has 9 nitrogen and oxygen atoms in total. The normalized spacial score (nSPS) is 19.2. The van der Waals surface area contributed by atoms with Crippen LogP contribution in [-0.4, -0.2) is 65.0 Å². The molecule has 3 heterocycles. The number of anilines is 1. The van der Waals surface area contributed by atoms with Gasteiger partial charge in [0.1, 0.15) is 5.60 Å². The first kappa shape index (κ1) is 23.5. The molecule has 9 heteroatoms. The molecule has 0 N–H and O–H groups in total. The van der Waals surface area contributed by atoms with E-state index in [-0.39, 0.29) is 29.6 Å². The Kier molecular flexibility index (Phi) is 6.74. The second-order valence-corrected chi connectivity index (χ2v) is 9.03. The number of ether oxygens (including phenoxy) is 2. The average molecular weight is 442 g/mol. The highest BCUT2D eigenvalue weighted by molar-refractivity contribution is 5.90. The number of hydrogen-bond acceptors (Lipinski definition) is 6. The quantitative estimate of drug-likeness (QED) is 0.677. The van der Waals surface area contributed by atoms with E-state index in [0.717, 1.165) is 6.42 Å². The number of rotatable bonds is 4. The van der Waals surface area contributed by atoms with Crippen LogP contribution >= 0.6 is 0 Å². The number of amides is 1. The smallest absolute Gasteiger partial charge is 0.410 e. The summed E-state index contributed by atoms with van der Waals surface area (Å²) in [6.45, 7) is 16.1. The van der Waals surface area contributed by atoms with Crippen molar-refractivity contribution < 1.29 is 14.3 Å². The van der Waals surface area contributed by atoms with Gasteiger partial charge < -0.3 is 23.8 Å². The van der Waals surface area contributed by atoms with Gasteiger partial charge in [0.2, 0.25) is 5.52 Å². The molecule has 0 aliphatic carbocycles. The summed E-state index contributed by atoms with van der Waals surface area (Å²) >= 11 is 0. The van der Waals surface area contributed by atoms with E-state index in [4.69, 9.17) is 16.0 Å². The highest BCUT2D eigenvalue weighted by Gasteiger charge is 2.39. The van der Waals surface area contributed by atoms with E-state index in [0.29, 0.717) is 36.4 Å². The van der Waals surface area contributed by atoms with Gasteiger partial charge in [-0.05, 0) is 39.3 Å². The maximum absolute atomic E-state index is 12.9. The van der Waals surface area contributed by atoms with E-state index >= 15 is 0 Å². The molecule has 1 aliphatic rings. The van der Waals surface area contributed by atoms with Gasteiger partial charge in [0.05, 0.1) is 23.9 Å². The Morgan fingerprint density at radius 1 is 1.28 bits per heavy atom. The number of aryl methyl sites for hydroxylation is 1.